The van der Waals surface area contributed by atoms with Crippen molar-refractivity contribution in [3.05, 3.63) is 35.9 Å². The van der Waals surface area contributed by atoms with Gasteiger partial charge in [0.1, 0.15) is 0 Å². The third-order valence-electron chi connectivity index (χ3n) is 3.99. The molecule has 0 aliphatic carbocycles. The molecule has 0 amide bonds. The van der Waals surface area contributed by atoms with Gasteiger partial charge in [0.15, 0.2) is 0 Å². The SMILES string of the molecule is CC(C)C1(Cc2ccccc2)CCCCN1. The van der Waals surface area contributed by atoms with Crippen LogP contribution < -0.4 is 5.32 Å². The van der Waals surface area contributed by atoms with E-state index in [9.17, 15) is 0 Å². The molecule has 1 fully saturated rings. The number of hydrogen-bond donors (Lipinski definition) is 1. The Kier molecular flexibility index (Phi) is 3.65. The van der Waals surface area contributed by atoms with Crippen LogP contribution in [0, 0.1) is 5.92 Å². The average Bonchev–Trinajstić information content (AvgIpc) is 2.31. The minimum absolute atomic E-state index is 0.333. The van der Waals surface area contributed by atoms with Crippen LogP contribution in [0.5, 0.6) is 0 Å². The van der Waals surface area contributed by atoms with Gasteiger partial charge < -0.3 is 5.32 Å². The number of benzene rings is 1. The number of hydrogen-bond acceptors (Lipinski definition) is 1. The fourth-order valence-corrected chi connectivity index (χ4v) is 2.80. The summed E-state index contributed by atoms with van der Waals surface area (Å²) in [6.07, 6.45) is 5.20. The van der Waals surface area contributed by atoms with Crippen LogP contribution in [0.3, 0.4) is 0 Å². The maximum absolute atomic E-state index is 3.78. The summed E-state index contributed by atoms with van der Waals surface area (Å²) in [4.78, 5) is 0. The van der Waals surface area contributed by atoms with Crippen molar-refractivity contribution in [2.24, 2.45) is 5.92 Å². The van der Waals surface area contributed by atoms with Crippen LogP contribution >= 0.6 is 0 Å². The quantitative estimate of drug-likeness (QED) is 0.818. The lowest BCUT2D eigenvalue weighted by Gasteiger charge is -2.42. The molecule has 0 saturated carbocycles. The van der Waals surface area contributed by atoms with E-state index in [1.165, 1.54) is 37.8 Å². The molecular formula is C15H23N. The highest BCUT2D eigenvalue weighted by Crippen LogP contribution is 2.30. The summed E-state index contributed by atoms with van der Waals surface area (Å²) in [6.45, 7) is 5.88. The van der Waals surface area contributed by atoms with Gasteiger partial charge in [0.25, 0.3) is 0 Å². The summed E-state index contributed by atoms with van der Waals surface area (Å²) in [5.74, 6) is 0.702. The van der Waals surface area contributed by atoms with Crippen molar-refractivity contribution in [1.29, 1.82) is 0 Å². The Bertz CT molecular complexity index is 309. The zero-order valence-corrected chi connectivity index (χ0v) is 10.5. The van der Waals surface area contributed by atoms with Crippen LogP contribution in [0.1, 0.15) is 38.7 Å². The highest BCUT2D eigenvalue weighted by Gasteiger charge is 2.34. The van der Waals surface area contributed by atoms with Gasteiger partial charge in [-0.15, -0.1) is 0 Å². The zero-order chi connectivity index (χ0) is 11.4. The van der Waals surface area contributed by atoms with E-state index in [0.717, 1.165) is 0 Å². The van der Waals surface area contributed by atoms with Gasteiger partial charge in [0.2, 0.25) is 0 Å². The van der Waals surface area contributed by atoms with E-state index in [1.54, 1.807) is 0 Å². The molecule has 0 aromatic heterocycles. The Morgan fingerprint density at radius 2 is 1.94 bits per heavy atom. The first kappa shape index (κ1) is 11.7. The maximum Gasteiger partial charge on any atom is 0.0244 e. The first-order valence-electron chi connectivity index (χ1n) is 6.52. The van der Waals surface area contributed by atoms with Crippen LogP contribution in [-0.2, 0) is 6.42 Å². The number of rotatable bonds is 3. The molecule has 1 saturated heterocycles. The Hall–Kier alpha value is -0.820. The van der Waals surface area contributed by atoms with Crippen LogP contribution in [-0.4, -0.2) is 12.1 Å². The van der Waals surface area contributed by atoms with E-state index in [1.807, 2.05) is 0 Å². The molecule has 88 valence electrons. The molecule has 2 rings (SSSR count). The maximum atomic E-state index is 3.78. The summed E-state index contributed by atoms with van der Waals surface area (Å²) in [7, 11) is 0. The second-order valence-corrected chi connectivity index (χ2v) is 5.36. The van der Waals surface area contributed by atoms with Crippen molar-refractivity contribution in [3.8, 4) is 0 Å². The van der Waals surface area contributed by atoms with Crippen molar-refractivity contribution >= 4 is 0 Å². The lowest BCUT2D eigenvalue weighted by atomic mass is 9.75. The van der Waals surface area contributed by atoms with E-state index < -0.39 is 0 Å². The number of nitrogens with one attached hydrogen (secondary N) is 1. The largest absolute Gasteiger partial charge is 0.311 e. The lowest BCUT2D eigenvalue weighted by molar-refractivity contribution is 0.182. The highest BCUT2D eigenvalue weighted by atomic mass is 15.0. The van der Waals surface area contributed by atoms with E-state index in [-0.39, 0.29) is 0 Å². The molecular weight excluding hydrogens is 194 g/mol. The van der Waals surface area contributed by atoms with E-state index >= 15 is 0 Å². The molecule has 1 aliphatic heterocycles. The van der Waals surface area contributed by atoms with Gasteiger partial charge in [-0.05, 0) is 37.3 Å². The van der Waals surface area contributed by atoms with E-state index in [0.29, 0.717) is 11.5 Å². The molecule has 0 radical (unpaired) electrons. The second-order valence-electron chi connectivity index (χ2n) is 5.36. The van der Waals surface area contributed by atoms with Crippen molar-refractivity contribution in [2.45, 2.75) is 45.1 Å². The highest BCUT2D eigenvalue weighted by molar-refractivity contribution is 5.18. The topological polar surface area (TPSA) is 12.0 Å². The first-order chi connectivity index (χ1) is 7.73. The average molecular weight is 217 g/mol. The van der Waals surface area contributed by atoms with Crippen LogP contribution in [0.2, 0.25) is 0 Å². The molecule has 1 aliphatic rings. The van der Waals surface area contributed by atoms with Crippen molar-refractivity contribution in [2.75, 3.05) is 6.54 Å². The minimum Gasteiger partial charge on any atom is -0.311 e. The molecule has 0 bridgehead atoms. The number of piperidine rings is 1. The molecule has 0 spiro atoms. The molecule has 1 heterocycles. The molecule has 1 aromatic carbocycles. The Morgan fingerprint density at radius 3 is 2.50 bits per heavy atom. The molecule has 1 atom stereocenters. The van der Waals surface area contributed by atoms with Gasteiger partial charge >= 0.3 is 0 Å². The van der Waals surface area contributed by atoms with Crippen molar-refractivity contribution in [3.63, 3.8) is 0 Å². The Balaban J connectivity index is 2.14. The first-order valence-corrected chi connectivity index (χ1v) is 6.52. The molecule has 1 aromatic rings. The van der Waals surface area contributed by atoms with Crippen LogP contribution in [0.25, 0.3) is 0 Å². The summed E-state index contributed by atoms with van der Waals surface area (Å²) >= 11 is 0. The van der Waals surface area contributed by atoms with E-state index in [2.05, 4.69) is 49.5 Å². The zero-order valence-electron chi connectivity index (χ0n) is 10.5. The standard InChI is InChI=1S/C15H23N/c1-13(2)15(10-6-7-11-16-15)12-14-8-4-3-5-9-14/h3-5,8-9,13,16H,6-7,10-12H2,1-2H3. The van der Waals surface area contributed by atoms with Gasteiger partial charge in [-0.3, -0.25) is 0 Å². The summed E-state index contributed by atoms with van der Waals surface area (Å²) < 4.78 is 0. The van der Waals surface area contributed by atoms with E-state index in [4.69, 9.17) is 0 Å². The van der Waals surface area contributed by atoms with Gasteiger partial charge in [-0.25, -0.2) is 0 Å². The third-order valence-corrected chi connectivity index (χ3v) is 3.99. The van der Waals surface area contributed by atoms with Gasteiger partial charge in [0.05, 0.1) is 0 Å². The molecule has 1 heteroatoms. The Morgan fingerprint density at radius 1 is 1.19 bits per heavy atom. The summed E-state index contributed by atoms with van der Waals surface area (Å²) in [5, 5.41) is 3.78. The third kappa shape index (κ3) is 2.46. The van der Waals surface area contributed by atoms with Gasteiger partial charge in [-0.1, -0.05) is 50.6 Å². The lowest BCUT2D eigenvalue weighted by Crippen LogP contribution is -2.54. The molecule has 1 unspecified atom stereocenters. The van der Waals surface area contributed by atoms with Gasteiger partial charge in [0, 0.05) is 5.54 Å². The molecule has 16 heavy (non-hydrogen) atoms. The fourth-order valence-electron chi connectivity index (χ4n) is 2.80. The minimum atomic E-state index is 0.333. The Labute approximate surface area is 99.3 Å². The molecule has 1 N–H and O–H groups in total. The van der Waals surface area contributed by atoms with Crippen molar-refractivity contribution in [1.82, 2.24) is 5.32 Å². The predicted octanol–water partition coefficient (Wildman–Crippen LogP) is 3.40. The van der Waals surface area contributed by atoms with Crippen LogP contribution in [0.15, 0.2) is 30.3 Å². The second kappa shape index (κ2) is 5.01. The molecule has 1 nitrogen and oxygen atoms in total. The van der Waals surface area contributed by atoms with Crippen molar-refractivity contribution < 1.29 is 0 Å². The smallest absolute Gasteiger partial charge is 0.0244 e. The monoisotopic (exact) mass is 217 g/mol. The summed E-state index contributed by atoms with van der Waals surface area (Å²) in [6, 6.07) is 10.9. The fraction of sp³-hybridized carbons (Fsp3) is 0.600. The summed E-state index contributed by atoms with van der Waals surface area (Å²) in [5.41, 5.74) is 1.80. The predicted molar refractivity (Wildman–Crippen MR) is 69.6 cm³/mol. The van der Waals surface area contributed by atoms with Gasteiger partial charge in [-0.2, -0.15) is 0 Å². The van der Waals surface area contributed by atoms with Crippen LogP contribution in [0.4, 0.5) is 0 Å². The normalized spacial score (nSPS) is 25.9.